The number of nitrogens with one attached hydrogen (secondary N) is 1. The molecule has 88 valence electrons. The summed E-state index contributed by atoms with van der Waals surface area (Å²) < 4.78 is 0. The van der Waals surface area contributed by atoms with Gasteiger partial charge in [-0.05, 0) is 58.0 Å². The SMILES string of the molecule is CCNC(=S)N(C)CC1CCN(C)CC1. The first kappa shape index (κ1) is 12.7. The van der Waals surface area contributed by atoms with Crippen LogP contribution in [0.2, 0.25) is 0 Å². The zero-order valence-corrected chi connectivity index (χ0v) is 10.9. The van der Waals surface area contributed by atoms with Gasteiger partial charge in [0.25, 0.3) is 0 Å². The molecule has 0 aliphatic carbocycles. The minimum absolute atomic E-state index is 0.808. The van der Waals surface area contributed by atoms with Gasteiger partial charge in [0.05, 0.1) is 0 Å². The van der Waals surface area contributed by atoms with Crippen molar-refractivity contribution in [2.75, 3.05) is 40.3 Å². The van der Waals surface area contributed by atoms with Gasteiger partial charge in [-0.3, -0.25) is 0 Å². The maximum atomic E-state index is 5.27. The van der Waals surface area contributed by atoms with Crippen LogP contribution in [0, 0.1) is 5.92 Å². The number of piperidine rings is 1. The molecule has 1 heterocycles. The van der Waals surface area contributed by atoms with E-state index in [2.05, 4.69) is 36.1 Å². The predicted molar refractivity (Wildman–Crippen MR) is 69.1 cm³/mol. The molecule has 1 saturated heterocycles. The van der Waals surface area contributed by atoms with E-state index in [0.717, 1.165) is 24.1 Å². The van der Waals surface area contributed by atoms with E-state index in [1.165, 1.54) is 25.9 Å². The van der Waals surface area contributed by atoms with Crippen molar-refractivity contribution < 1.29 is 0 Å². The van der Waals surface area contributed by atoms with E-state index >= 15 is 0 Å². The largest absolute Gasteiger partial charge is 0.363 e. The summed E-state index contributed by atoms with van der Waals surface area (Å²) in [7, 11) is 4.28. The first-order chi connectivity index (χ1) is 7.13. The Morgan fingerprint density at radius 2 is 2.07 bits per heavy atom. The normalized spacial score (nSPS) is 18.9. The van der Waals surface area contributed by atoms with Crippen LogP contribution in [0.1, 0.15) is 19.8 Å². The standard InChI is InChI=1S/C11H23N3S/c1-4-12-11(15)14(3)9-10-5-7-13(2)8-6-10/h10H,4-9H2,1-3H3,(H,12,15). The monoisotopic (exact) mass is 229 g/mol. The maximum Gasteiger partial charge on any atom is 0.168 e. The van der Waals surface area contributed by atoms with Crippen LogP contribution in [0.5, 0.6) is 0 Å². The molecule has 1 aliphatic rings. The van der Waals surface area contributed by atoms with Gasteiger partial charge < -0.3 is 15.1 Å². The molecule has 0 aromatic carbocycles. The van der Waals surface area contributed by atoms with Gasteiger partial charge in [0, 0.05) is 20.1 Å². The lowest BCUT2D eigenvalue weighted by molar-refractivity contribution is 0.200. The Balaban J connectivity index is 2.25. The van der Waals surface area contributed by atoms with Crippen molar-refractivity contribution in [3.63, 3.8) is 0 Å². The van der Waals surface area contributed by atoms with E-state index in [1.807, 2.05) is 0 Å². The highest BCUT2D eigenvalue weighted by Crippen LogP contribution is 2.16. The number of likely N-dealkylation sites (tertiary alicyclic amines) is 1. The van der Waals surface area contributed by atoms with Crippen molar-refractivity contribution in [2.45, 2.75) is 19.8 Å². The molecule has 0 spiro atoms. The first-order valence-electron chi connectivity index (χ1n) is 5.81. The number of hydrogen-bond acceptors (Lipinski definition) is 2. The van der Waals surface area contributed by atoms with E-state index in [0.29, 0.717) is 0 Å². The highest BCUT2D eigenvalue weighted by atomic mass is 32.1. The molecule has 0 aromatic heterocycles. The summed E-state index contributed by atoms with van der Waals surface area (Å²) in [6.45, 7) is 6.55. The predicted octanol–water partition coefficient (Wildman–Crippen LogP) is 1.15. The van der Waals surface area contributed by atoms with Crippen LogP contribution in [0.15, 0.2) is 0 Å². The number of hydrogen-bond donors (Lipinski definition) is 1. The minimum Gasteiger partial charge on any atom is -0.363 e. The quantitative estimate of drug-likeness (QED) is 0.732. The second-order valence-corrected chi connectivity index (χ2v) is 4.85. The van der Waals surface area contributed by atoms with Gasteiger partial charge in [0.1, 0.15) is 0 Å². The van der Waals surface area contributed by atoms with Gasteiger partial charge in [-0.15, -0.1) is 0 Å². The van der Waals surface area contributed by atoms with E-state index in [9.17, 15) is 0 Å². The van der Waals surface area contributed by atoms with Gasteiger partial charge in [-0.2, -0.15) is 0 Å². The van der Waals surface area contributed by atoms with Crippen molar-refractivity contribution in [1.82, 2.24) is 15.1 Å². The van der Waals surface area contributed by atoms with Gasteiger partial charge in [0.2, 0.25) is 0 Å². The van der Waals surface area contributed by atoms with Gasteiger partial charge in [-0.1, -0.05) is 0 Å². The van der Waals surface area contributed by atoms with Crippen LogP contribution in [-0.4, -0.2) is 55.2 Å². The van der Waals surface area contributed by atoms with Crippen LogP contribution in [-0.2, 0) is 0 Å². The number of thiocarbonyl (C=S) groups is 1. The molecule has 15 heavy (non-hydrogen) atoms. The Kier molecular flexibility index (Phi) is 5.32. The molecular weight excluding hydrogens is 206 g/mol. The Labute approximate surface area is 98.8 Å². The summed E-state index contributed by atoms with van der Waals surface area (Å²) in [5.41, 5.74) is 0. The Morgan fingerprint density at radius 1 is 1.47 bits per heavy atom. The van der Waals surface area contributed by atoms with E-state index < -0.39 is 0 Å². The Bertz CT molecular complexity index is 200. The summed E-state index contributed by atoms with van der Waals surface area (Å²) >= 11 is 5.27. The lowest BCUT2D eigenvalue weighted by Crippen LogP contribution is -2.42. The third kappa shape index (κ3) is 4.34. The Morgan fingerprint density at radius 3 is 2.60 bits per heavy atom. The number of rotatable bonds is 3. The number of nitrogens with zero attached hydrogens (tertiary/aromatic N) is 2. The van der Waals surface area contributed by atoms with E-state index in [1.54, 1.807) is 0 Å². The van der Waals surface area contributed by atoms with Crippen LogP contribution in [0.25, 0.3) is 0 Å². The first-order valence-corrected chi connectivity index (χ1v) is 6.21. The minimum atomic E-state index is 0.808. The fourth-order valence-electron chi connectivity index (χ4n) is 2.00. The molecule has 0 saturated carbocycles. The molecule has 0 unspecified atom stereocenters. The second kappa shape index (κ2) is 6.28. The summed E-state index contributed by atoms with van der Waals surface area (Å²) in [4.78, 5) is 4.58. The molecule has 1 fully saturated rings. The van der Waals surface area contributed by atoms with Crippen molar-refractivity contribution in [3.8, 4) is 0 Å². The van der Waals surface area contributed by atoms with Crippen molar-refractivity contribution in [3.05, 3.63) is 0 Å². The average Bonchev–Trinajstić information content (AvgIpc) is 2.22. The average molecular weight is 229 g/mol. The maximum absolute atomic E-state index is 5.27. The van der Waals surface area contributed by atoms with Crippen molar-refractivity contribution in [2.24, 2.45) is 5.92 Å². The van der Waals surface area contributed by atoms with Gasteiger partial charge >= 0.3 is 0 Å². The van der Waals surface area contributed by atoms with Crippen LogP contribution in [0.4, 0.5) is 0 Å². The Hall–Kier alpha value is -0.350. The topological polar surface area (TPSA) is 18.5 Å². The van der Waals surface area contributed by atoms with Gasteiger partial charge in [-0.25, -0.2) is 0 Å². The molecule has 0 atom stereocenters. The molecule has 0 bridgehead atoms. The van der Waals surface area contributed by atoms with Gasteiger partial charge in [0.15, 0.2) is 5.11 Å². The molecule has 0 aromatic rings. The fraction of sp³-hybridized carbons (Fsp3) is 0.909. The highest BCUT2D eigenvalue weighted by molar-refractivity contribution is 7.80. The van der Waals surface area contributed by atoms with E-state index in [-0.39, 0.29) is 0 Å². The molecule has 3 nitrogen and oxygen atoms in total. The van der Waals surface area contributed by atoms with Crippen LogP contribution in [0.3, 0.4) is 0 Å². The molecule has 1 N–H and O–H groups in total. The second-order valence-electron chi connectivity index (χ2n) is 4.46. The highest BCUT2D eigenvalue weighted by Gasteiger charge is 2.18. The summed E-state index contributed by atoms with van der Waals surface area (Å²) in [5.74, 6) is 0.808. The van der Waals surface area contributed by atoms with E-state index in [4.69, 9.17) is 12.2 Å². The van der Waals surface area contributed by atoms with Crippen LogP contribution >= 0.6 is 12.2 Å². The van der Waals surface area contributed by atoms with Crippen molar-refractivity contribution in [1.29, 1.82) is 0 Å². The zero-order valence-electron chi connectivity index (χ0n) is 10.1. The summed E-state index contributed by atoms with van der Waals surface area (Å²) in [5, 5.41) is 4.08. The molecule has 1 aliphatic heterocycles. The van der Waals surface area contributed by atoms with Crippen LogP contribution < -0.4 is 5.32 Å². The third-order valence-electron chi connectivity index (χ3n) is 3.04. The smallest absolute Gasteiger partial charge is 0.168 e. The molecular formula is C11H23N3S. The molecule has 0 amide bonds. The molecule has 0 radical (unpaired) electrons. The summed E-state index contributed by atoms with van der Waals surface area (Å²) in [6, 6.07) is 0. The lowest BCUT2D eigenvalue weighted by Gasteiger charge is -2.32. The summed E-state index contributed by atoms with van der Waals surface area (Å²) in [6.07, 6.45) is 2.60. The molecule has 4 heteroatoms. The fourth-order valence-corrected chi connectivity index (χ4v) is 2.22. The lowest BCUT2D eigenvalue weighted by atomic mass is 9.97. The van der Waals surface area contributed by atoms with Crippen molar-refractivity contribution >= 4 is 17.3 Å². The molecule has 1 rings (SSSR count). The zero-order chi connectivity index (χ0) is 11.3. The third-order valence-corrected chi connectivity index (χ3v) is 3.50.